The molecule has 0 spiro atoms. The third-order valence-electron chi connectivity index (χ3n) is 6.67. The molecule has 0 aromatic heterocycles. The van der Waals surface area contributed by atoms with E-state index in [1.54, 1.807) is 54.6 Å². The van der Waals surface area contributed by atoms with Crippen LogP contribution in [-0.4, -0.2) is 43.8 Å². The number of rotatable bonds is 12. The second-order valence-corrected chi connectivity index (χ2v) is 13.1. The normalized spacial score (nSPS) is 12.0. The molecule has 0 saturated heterocycles. The smallest absolute Gasteiger partial charge is 0.264 e. The lowest BCUT2D eigenvalue weighted by Crippen LogP contribution is -2.54. The van der Waals surface area contributed by atoms with Gasteiger partial charge < -0.3 is 10.2 Å². The molecule has 4 rings (SSSR count). The molecule has 0 fully saturated rings. The monoisotopic (exact) mass is 665 g/mol. The number of hydrogen-bond acceptors (Lipinski definition) is 4. The molecule has 1 N–H and O–H groups in total. The molecule has 4 aromatic carbocycles. The van der Waals surface area contributed by atoms with Crippen molar-refractivity contribution in [3.05, 3.63) is 131 Å². The van der Waals surface area contributed by atoms with E-state index in [0.29, 0.717) is 10.0 Å². The Morgan fingerprint density at radius 1 is 0.837 bits per heavy atom. The highest BCUT2D eigenvalue weighted by atomic mass is 79.9. The summed E-state index contributed by atoms with van der Waals surface area (Å²) in [7, 11) is -4.19. The van der Waals surface area contributed by atoms with Crippen molar-refractivity contribution in [1.82, 2.24) is 10.2 Å². The van der Waals surface area contributed by atoms with E-state index >= 15 is 0 Å². The Morgan fingerprint density at radius 2 is 1.47 bits per heavy atom. The van der Waals surface area contributed by atoms with Gasteiger partial charge in [0, 0.05) is 23.5 Å². The van der Waals surface area contributed by atoms with Crippen molar-refractivity contribution >= 4 is 43.5 Å². The van der Waals surface area contributed by atoms with Crippen molar-refractivity contribution in [2.24, 2.45) is 0 Å². The summed E-state index contributed by atoms with van der Waals surface area (Å²) in [5.74, 6) is -1.41. The van der Waals surface area contributed by atoms with Gasteiger partial charge in [-0.2, -0.15) is 0 Å². The summed E-state index contributed by atoms with van der Waals surface area (Å²) >= 11 is 3.40. The molecule has 10 heteroatoms. The highest BCUT2D eigenvalue weighted by Gasteiger charge is 2.34. The Balaban J connectivity index is 1.80. The molecule has 0 aliphatic carbocycles. The first kappa shape index (κ1) is 31.9. The van der Waals surface area contributed by atoms with Gasteiger partial charge in [0.2, 0.25) is 11.8 Å². The van der Waals surface area contributed by atoms with Crippen molar-refractivity contribution < 1.29 is 22.4 Å². The first-order valence-electron chi connectivity index (χ1n) is 13.8. The Morgan fingerprint density at radius 3 is 2.07 bits per heavy atom. The molecule has 43 heavy (non-hydrogen) atoms. The molecule has 0 aliphatic rings. The van der Waals surface area contributed by atoms with Crippen LogP contribution in [0, 0.1) is 5.82 Å². The van der Waals surface area contributed by atoms with Crippen molar-refractivity contribution in [2.45, 2.75) is 43.8 Å². The number of anilines is 1. The maximum atomic E-state index is 14.3. The van der Waals surface area contributed by atoms with E-state index in [-0.39, 0.29) is 35.5 Å². The molecule has 0 aliphatic heterocycles. The third kappa shape index (κ3) is 8.52. The number of benzene rings is 4. The van der Waals surface area contributed by atoms with E-state index in [4.69, 9.17) is 0 Å². The van der Waals surface area contributed by atoms with Crippen LogP contribution in [0.25, 0.3) is 0 Å². The number of nitrogens with zero attached hydrogens (tertiary/aromatic N) is 2. The van der Waals surface area contributed by atoms with Gasteiger partial charge in [0.15, 0.2) is 0 Å². The fourth-order valence-electron chi connectivity index (χ4n) is 4.60. The van der Waals surface area contributed by atoms with Crippen LogP contribution >= 0.6 is 15.9 Å². The summed E-state index contributed by atoms with van der Waals surface area (Å²) in [5, 5.41) is 2.91. The first-order valence-corrected chi connectivity index (χ1v) is 16.0. The van der Waals surface area contributed by atoms with Crippen LogP contribution in [-0.2, 0) is 32.6 Å². The van der Waals surface area contributed by atoms with Crippen LogP contribution in [0.3, 0.4) is 0 Å². The van der Waals surface area contributed by atoms with Crippen molar-refractivity contribution in [2.75, 3.05) is 10.8 Å². The highest BCUT2D eigenvalue weighted by Crippen LogP contribution is 2.27. The fourth-order valence-corrected chi connectivity index (χ4v) is 6.42. The fraction of sp³-hybridized carbons (Fsp3) is 0.212. The van der Waals surface area contributed by atoms with Gasteiger partial charge in [0.05, 0.1) is 10.6 Å². The number of hydrogen-bond donors (Lipinski definition) is 1. The number of nitrogens with one attached hydrogen (secondary N) is 1. The number of halogens is 2. The quantitative estimate of drug-likeness (QED) is 0.203. The van der Waals surface area contributed by atoms with Gasteiger partial charge in [-0.15, -0.1) is 0 Å². The number of carbonyl (C=O) groups is 2. The van der Waals surface area contributed by atoms with Crippen molar-refractivity contribution in [1.29, 1.82) is 0 Å². The Hall–Kier alpha value is -4.02. The summed E-state index contributed by atoms with van der Waals surface area (Å²) in [4.78, 5) is 29.4. The Kier molecular flexibility index (Phi) is 10.7. The minimum atomic E-state index is -4.19. The van der Waals surface area contributed by atoms with E-state index < -0.39 is 34.3 Å². The van der Waals surface area contributed by atoms with Gasteiger partial charge in [0.1, 0.15) is 18.4 Å². The van der Waals surface area contributed by atoms with Crippen LogP contribution < -0.4 is 9.62 Å². The zero-order chi connectivity index (χ0) is 31.0. The summed E-state index contributed by atoms with van der Waals surface area (Å²) in [6.07, 6.45) is 0.189. The Bertz CT molecular complexity index is 1640. The minimum absolute atomic E-state index is 0.0197. The average molecular weight is 667 g/mol. The zero-order valence-corrected chi connectivity index (χ0v) is 26.3. The highest BCUT2D eigenvalue weighted by molar-refractivity contribution is 9.10. The molecule has 0 radical (unpaired) electrons. The zero-order valence-electron chi connectivity index (χ0n) is 23.9. The molecule has 0 heterocycles. The van der Waals surface area contributed by atoms with Gasteiger partial charge in [-0.3, -0.25) is 13.9 Å². The number of sulfonamides is 1. The second kappa shape index (κ2) is 14.4. The second-order valence-electron chi connectivity index (χ2n) is 10.3. The molecular weight excluding hydrogens is 633 g/mol. The van der Waals surface area contributed by atoms with Gasteiger partial charge in [0.25, 0.3) is 10.0 Å². The van der Waals surface area contributed by atoms with E-state index in [2.05, 4.69) is 21.2 Å². The molecule has 1 atom stereocenters. The summed E-state index contributed by atoms with van der Waals surface area (Å²) in [5.41, 5.74) is 1.69. The number of carbonyl (C=O) groups excluding carboxylic acids is 2. The van der Waals surface area contributed by atoms with Gasteiger partial charge in [-0.25, -0.2) is 12.8 Å². The first-order chi connectivity index (χ1) is 20.5. The molecule has 0 saturated carbocycles. The summed E-state index contributed by atoms with van der Waals surface area (Å²) < 4.78 is 43.4. The molecule has 4 aromatic rings. The topological polar surface area (TPSA) is 86.8 Å². The van der Waals surface area contributed by atoms with E-state index in [0.717, 1.165) is 9.87 Å². The molecule has 224 valence electrons. The molecule has 1 unspecified atom stereocenters. The SMILES string of the molecule is CC(C)NC(=O)C(Cc1ccccc1)N(Cc1ccc(F)cc1)C(=O)CN(c1cccc(Br)c1)S(=O)(=O)c1ccccc1. The molecular formula is C33H33BrFN3O4S. The van der Waals surface area contributed by atoms with Crippen LogP contribution in [0.15, 0.2) is 119 Å². The van der Waals surface area contributed by atoms with Crippen molar-refractivity contribution in [3.63, 3.8) is 0 Å². The number of amides is 2. The lowest BCUT2D eigenvalue weighted by molar-refractivity contribution is -0.140. The van der Waals surface area contributed by atoms with Crippen LogP contribution in [0.5, 0.6) is 0 Å². The summed E-state index contributed by atoms with van der Waals surface area (Å²) in [6.45, 7) is 3.03. The largest absolute Gasteiger partial charge is 0.352 e. The van der Waals surface area contributed by atoms with Gasteiger partial charge in [-0.1, -0.05) is 82.7 Å². The van der Waals surface area contributed by atoms with Gasteiger partial charge in [-0.05, 0) is 67.4 Å². The van der Waals surface area contributed by atoms with Crippen LogP contribution in [0.2, 0.25) is 0 Å². The minimum Gasteiger partial charge on any atom is -0.352 e. The lowest BCUT2D eigenvalue weighted by Gasteiger charge is -2.34. The third-order valence-corrected chi connectivity index (χ3v) is 8.96. The maximum Gasteiger partial charge on any atom is 0.264 e. The molecule has 2 amide bonds. The summed E-state index contributed by atoms with van der Waals surface area (Å²) in [6, 6.07) is 28.3. The van der Waals surface area contributed by atoms with Crippen LogP contribution in [0.4, 0.5) is 10.1 Å². The van der Waals surface area contributed by atoms with E-state index in [1.807, 2.05) is 44.2 Å². The average Bonchev–Trinajstić information content (AvgIpc) is 2.99. The predicted molar refractivity (Wildman–Crippen MR) is 169 cm³/mol. The molecule has 0 bridgehead atoms. The van der Waals surface area contributed by atoms with Crippen molar-refractivity contribution in [3.8, 4) is 0 Å². The van der Waals surface area contributed by atoms with E-state index in [9.17, 15) is 22.4 Å². The maximum absolute atomic E-state index is 14.3. The predicted octanol–water partition coefficient (Wildman–Crippen LogP) is 5.95. The van der Waals surface area contributed by atoms with E-state index in [1.165, 1.54) is 29.2 Å². The standard InChI is InChI=1S/C33H33BrFN3O4S/c1-24(2)36-33(40)31(20-25-10-5-3-6-11-25)37(22-26-16-18-28(35)19-17-26)32(39)23-38(29-13-9-12-27(34)21-29)43(41,42)30-14-7-4-8-15-30/h3-19,21,24,31H,20,22-23H2,1-2H3,(H,36,40). The lowest BCUT2D eigenvalue weighted by atomic mass is 10.0. The van der Waals surface area contributed by atoms with Crippen LogP contribution in [0.1, 0.15) is 25.0 Å². The van der Waals surface area contributed by atoms with Gasteiger partial charge >= 0.3 is 0 Å². The molecule has 7 nitrogen and oxygen atoms in total. The Labute approximate surface area is 260 Å².